The predicted molar refractivity (Wildman–Crippen MR) is 73.4 cm³/mol. The number of hydrogen-bond donors (Lipinski definition) is 1. The van der Waals surface area contributed by atoms with Gasteiger partial charge in [0.05, 0.1) is 18.8 Å². The molecule has 1 aliphatic heterocycles. The third kappa shape index (κ3) is 4.41. The van der Waals surface area contributed by atoms with Gasteiger partial charge >= 0.3 is 6.18 Å². The lowest BCUT2D eigenvalue weighted by atomic mass is 10.2. The van der Waals surface area contributed by atoms with Gasteiger partial charge in [-0.3, -0.25) is 14.7 Å². The van der Waals surface area contributed by atoms with E-state index in [0.717, 1.165) is 18.7 Å². The summed E-state index contributed by atoms with van der Waals surface area (Å²) in [7, 11) is 0. The molecule has 1 atom stereocenters. The standard InChI is InChI=1S/C14H18F3N3O2/c1-10-9-22-7-6-20(10)5-4-18-13(21)12-3-2-11(8-19-12)14(15,16)17/h2-3,8,10H,4-7,9H2,1H3,(H,18,21). The summed E-state index contributed by atoms with van der Waals surface area (Å²) in [6.07, 6.45) is -3.78. The fourth-order valence-corrected chi connectivity index (χ4v) is 2.19. The Hall–Kier alpha value is -1.67. The van der Waals surface area contributed by atoms with Crippen molar-refractivity contribution in [2.45, 2.75) is 19.1 Å². The Bertz CT molecular complexity index is 505. The summed E-state index contributed by atoms with van der Waals surface area (Å²) < 4.78 is 42.5. The molecular formula is C14H18F3N3O2. The maximum absolute atomic E-state index is 12.4. The van der Waals surface area contributed by atoms with Crippen LogP contribution < -0.4 is 5.32 Å². The predicted octanol–water partition coefficient (Wildman–Crippen LogP) is 1.55. The van der Waals surface area contributed by atoms with Crippen LogP contribution in [0.1, 0.15) is 23.0 Å². The number of morpholine rings is 1. The van der Waals surface area contributed by atoms with Gasteiger partial charge in [-0.05, 0) is 19.1 Å². The van der Waals surface area contributed by atoms with Gasteiger partial charge in [-0.2, -0.15) is 13.2 Å². The molecule has 0 aromatic carbocycles. The van der Waals surface area contributed by atoms with E-state index in [0.29, 0.717) is 32.5 Å². The van der Waals surface area contributed by atoms with Gasteiger partial charge in [0.2, 0.25) is 0 Å². The first-order valence-corrected chi connectivity index (χ1v) is 7.01. The lowest BCUT2D eigenvalue weighted by molar-refractivity contribution is -0.137. The average molecular weight is 317 g/mol. The maximum atomic E-state index is 12.4. The molecule has 1 aromatic heterocycles. The molecule has 2 heterocycles. The van der Waals surface area contributed by atoms with Gasteiger partial charge in [0.15, 0.2) is 0 Å². The van der Waals surface area contributed by atoms with Crippen LogP contribution in [0.5, 0.6) is 0 Å². The van der Waals surface area contributed by atoms with E-state index in [1.807, 2.05) is 6.92 Å². The van der Waals surface area contributed by atoms with Gasteiger partial charge in [0, 0.05) is 31.9 Å². The monoisotopic (exact) mass is 317 g/mol. The van der Waals surface area contributed by atoms with Crippen molar-refractivity contribution in [3.05, 3.63) is 29.6 Å². The lowest BCUT2D eigenvalue weighted by Gasteiger charge is -2.33. The second-order valence-electron chi connectivity index (χ2n) is 5.15. The van der Waals surface area contributed by atoms with Crippen molar-refractivity contribution < 1.29 is 22.7 Å². The van der Waals surface area contributed by atoms with Gasteiger partial charge in [0.1, 0.15) is 5.69 Å². The number of alkyl halides is 3. The number of pyridine rings is 1. The highest BCUT2D eigenvalue weighted by Crippen LogP contribution is 2.28. The highest BCUT2D eigenvalue weighted by atomic mass is 19.4. The zero-order valence-electron chi connectivity index (χ0n) is 12.2. The molecule has 0 aliphatic carbocycles. The van der Waals surface area contributed by atoms with E-state index in [2.05, 4.69) is 15.2 Å². The van der Waals surface area contributed by atoms with Crippen molar-refractivity contribution in [1.82, 2.24) is 15.2 Å². The molecule has 0 saturated carbocycles. The number of ether oxygens (including phenoxy) is 1. The largest absolute Gasteiger partial charge is 0.417 e. The molecule has 1 aromatic rings. The molecule has 5 nitrogen and oxygen atoms in total. The summed E-state index contributed by atoms with van der Waals surface area (Å²) in [5, 5.41) is 2.66. The third-order valence-electron chi connectivity index (χ3n) is 3.51. The van der Waals surface area contributed by atoms with Gasteiger partial charge in [-0.15, -0.1) is 0 Å². The van der Waals surface area contributed by atoms with Gasteiger partial charge in [0.25, 0.3) is 5.91 Å². The van der Waals surface area contributed by atoms with E-state index < -0.39 is 17.6 Å². The molecule has 1 amide bonds. The number of aromatic nitrogens is 1. The van der Waals surface area contributed by atoms with Crippen LogP contribution in [-0.4, -0.2) is 54.7 Å². The van der Waals surface area contributed by atoms with Crippen molar-refractivity contribution in [1.29, 1.82) is 0 Å². The normalized spacial score (nSPS) is 19.9. The van der Waals surface area contributed by atoms with Crippen LogP contribution in [0.2, 0.25) is 0 Å². The van der Waals surface area contributed by atoms with Gasteiger partial charge in [-0.1, -0.05) is 0 Å². The molecule has 2 rings (SSSR count). The van der Waals surface area contributed by atoms with Crippen molar-refractivity contribution in [3.8, 4) is 0 Å². The minimum atomic E-state index is -4.45. The van der Waals surface area contributed by atoms with Gasteiger partial charge < -0.3 is 10.1 Å². The first kappa shape index (κ1) is 16.7. The molecule has 122 valence electrons. The fraction of sp³-hybridized carbons (Fsp3) is 0.571. The molecule has 0 radical (unpaired) electrons. The minimum Gasteiger partial charge on any atom is -0.379 e. The molecule has 0 spiro atoms. The zero-order valence-corrected chi connectivity index (χ0v) is 12.2. The number of carbonyl (C=O) groups is 1. The molecule has 1 N–H and O–H groups in total. The first-order chi connectivity index (χ1) is 10.4. The Labute approximate surface area is 126 Å². The average Bonchev–Trinajstić information content (AvgIpc) is 2.48. The van der Waals surface area contributed by atoms with Crippen molar-refractivity contribution in [3.63, 3.8) is 0 Å². The number of halogens is 3. The van der Waals surface area contributed by atoms with E-state index in [4.69, 9.17) is 4.74 Å². The molecule has 1 fully saturated rings. The number of hydrogen-bond acceptors (Lipinski definition) is 4. The van der Waals surface area contributed by atoms with Crippen LogP contribution >= 0.6 is 0 Å². The Morgan fingerprint density at radius 1 is 1.50 bits per heavy atom. The van der Waals surface area contributed by atoms with Crippen LogP contribution in [0, 0.1) is 0 Å². The molecule has 1 unspecified atom stereocenters. The summed E-state index contributed by atoms with van der Waals surface area (Å²) in [6.45, 7) is 5.24. The molecule has 0 bridgehead atoms. The van der Waals surface area contributed by atoms with Crippen molar-refractivity contribution in [2.75, 3.05) is 32.8 Å². The van der Waals surface area contributed by atoms with Crippen LogP contribution in [0.15, 0.2) is 18.3 Å². The topological polar surface area (TPSA) is 54.5 Å². The van der Waals surface area contributed by atoms with Crippen LogP contribution in [0.3, 0.4) is 0 Å². The van der Waals surface area contributed by atoms with Crippen molar-refractivity contribution in [2.24, 2.45) is 0 Å². The number of nitrogens with zero attached hydrogens (tertiary/aromatic N) is 2. The first-order valence-electron chi connectivity index (χ1n) is 7.01. The quantitative estimate of drug-likeness (QED) is 0.915. The summed E-state index contributed by atoms with van der Waals surface area (Å²) in [5.74, 6) is -0.477. The number of nitrogens with one attached hydrogen (secondary N) is 1. The summed E-state index contributed by atoms with van der Waals surface area (Å²) >= 11 is 0. The molecular weight excluding hydrogens is 299 g/mol. The Morgan fingerprint density at radius 3 is 2.86 bits per heavy atom. The smallest absolute Gasteiger partial charge is 0.379 e. The SMILES string of the molecule is CC1COCCN1CCNC(=O)c1ccc(C(F)(F)F)cn1. The number of amides is 1. The molecule has 1 saturated heterocycles. The van der Waals surface area contributed by atoms with E-state index in [1.165, 1.54) is 0 Å². The zero-order chi connectivity index (χ0) is 16.2. The fourth-order valence-electron chi connectivity index (χ4n) is 2.19. The third-order valence-corrected chi connectivity index (χ3v) is 3.51. The minimum absolute atomic E-state index is 0.0250. The van der Waals surface area contributed by atoms with E-state index >= 15 is 0 Å². The van der Waals surface area contributed by atoms with Crippen LogP contribution in [0.4, 0.5) is 13.2 Å². The Morgan fingerprint density at radius 2 is 2.27 bits per heavy atom. The van der Waals surface area contributed by atoms with E-state index in [-0.39, 0.29) is 11.7 Å². The molecule has 22 heavy (non-hydrogen) atoms. The molecule has 8 heteroatoms. The van der Waals surface area contributed by atoms with E-state index in [1.54, 1.807) is 0 Å². The summed E-state index contributed by atoms with van der Waals surface area (Å²) in [5.41, 5.74) is -0.894. The maximum Gasteiger partial charge on any atom is 0.417 e. The number of carbonyl (C=O) groups excluding carboxylic acids is 1. The molecule has 1 aliphatic rings. The highest BCUT2D eigenvalue weighted by Gasteiger charge is 2.30. The highest BCUT2D eigenvalue weighted by molar-refractivity contribution is 5.92. The van der Waals surface area contributed by atoms with E-state index in [9.17, 15) is 18.0 Å². The summed E-state index contributed by atoms with van der Waals surface area (Å²) in [4.78, 5) is 17.6. The van der Waals surface area contributed by atoms with Crippen LogP contribution in [-0.2, 0) is 10.9 Å². The van der Waals surface area contributed by atoms with Crippen molar-refractivity contribution >= 4 is 5.91 Å². The number of rotatable bonds is 4. The van der Waals surface area contributed by atoms with Crippen LogP contribution in [0.25, 0.3) is 0 Å². The summed E-state index contributed by atoms with van der Waals surface area (Å²) in [6, 6.07) is 2.22. The lowest BCUT2D eigenvalue weighted by Crippen LogP contribution is -2.46. The Balaban J connectivity index is 1.82. The second-order valence-corrected chi connectivity index (χ2v) is 5.15. The van der Waals surface area contributed by atoms with Gasteiger partial charge in [-0.25, -0.2) is 0 Å². The second kappa shape index (κ2) is 7.06. The Kier molecular flexibility index (Phi) is 5.36.